The van der Waals surface area contributed by atoms with Crippen molar-refractivity contribution < 1.29 is 9.90 Å². The van der Waals surface area contributed by atoms with Crippen molar-refractivity contribution in [1.29, 1.82) is 0 Å². The van der Waals surface area contributed by atoms with Crippen LogP contribution in [-0.4, -0.2) is 36.2 Å². The molecule has 0 spiro atoms. The van der Waals surface area contributed by atoms with Crippen LogP contribution in [0.25, 0.3) is 0 Å². The highest BCUT2D eigenvalue weighted by Crippen LogP contribution is 2.31. The summed E-state index contributed by atoms with van der Waals surface area (Å²) in [4.78, 5) is 11.5. The zero-order valence-electron chi connectivity index (χ0n) is 9.09. The van der Waals surface area contributed by atoms with Crippen molar-refractivity contribution in [3.05, 3.63) is 0 Å². The molecule has 2 aliphatic heterocycles. The molecule has 0 aliphatic carbocycles. The summed E-state index contributed by atoms with van der Waals surface area (Å²) < 4.78 is 0. The molecule has 4 nitrogen and oxygen atoms in total. The third kappa shape index (κ3) is 2.01. The molecule has 0 bridgehead atoms. The number of rotatable bonds is 2. The highest BCUT2D eigenvalue weighted by Gasteiger charge is 2.46. The average Bonchev–Trinajstić information content (AvgIpc) is 2.31. The van der Waals surface area contributed by atoms with Gasteiger partial charge in [-0.05, 0) is 45.2 Å². The smallest absolute Gasteiger partial charge is 0.324 e. The van der Waals surface area contributed by atoms with Crippen LogP contribution in [0.5, 0.6) is 0 Å². The maximum Gasteiger partial charge on any atom is 0.324 e. The molecule has 0 amide bonds. The molecule has 2 heterocycles. The highest BCUT2D eigenvalue weighted by molar-refractivity contribution is 5.79. The molecule has 2 fully saturated rings. The zero-order valence-corrected chi connectivity index (χ0v) is 9.09. The lowest BCUT2D eigenvalue weighted by Gasteiger charge is -2.42. The molecule has 2 rings (SSSR count). The first-order valence-corrected chi connectivity index (χ1v) is 5.95. The van der Waals surface area contributed by atoms with Crippen LogP contribution < -0.4 is 10.6 Å². The molecule has 0 saturated carbocycles. The first-order chi connectivity index (χ1) is 7.26. The topological polar surface area (TPSA) is 61.4 Å². The zero-order chi connectivity index (χ0) is 10.7. The third-order valence-corrected chi connectivity index (χ3v) is 3.81. The predicted octanol–water partition coefficient (Wildman–Crippen LogP) is 0.583. The minimum atomic E-state index is -0.657. The Kier molecular flexibility index (Phi) is 3.26. The molecule has 0 radical (unpaired) electrons. The second kappa shape index (κ2) is 4.49. The molecule has 15 heavy (non-hydrogen) atoms. The molecule has 3 N–H and O–H groups in total. The van der Waals surface area contributed by atoms with E-state index in [4.69, 9.17) is 0 Å². The van der Waals surface area contributed by atoms with Gasteiger partial charge in [0.2, 0.25) is 0 Å². The van der Waals surface area contributed by atoms with E-state index in [0.717, 1.165) is 51.7 Å². The molecular formula is C11H20N2O2. The molecule has 0 aromatic rings. The van der Waals surface area contributed by atoms with Gasteiger partial charge in [-0.2, -0.15) is 0 Å². The van der Waals surface area contributed by atoms with Gasteiger partial charge in [-0.1, -0.05) is 0 Å². The van der Waals surface area contributed by atoms with Crippen LogP contribution in [0, 0.1) is 5.92 Å². The van der Waals surface area contributed by atoms with Gasteiger partial charge in [0.1, 0.15) is 5.54 Å². The number of hydrogen-bond donors (Lipinski definition) is 3. The summed E-state index contributed by atoms with van der Waals surface area (Å²) >= 11 is 0. The Morgan fingerprint density at radius 3 is 2.67 bits per heavy atom. The van der Waals surface area contributed by atoms with Crippen LogP contribution in [-0.2, 0) is 4.79 Å². The van der Waals surface area contributed by atoms with Gasteiger partial charge < -0.3 is 15.7 Å². The Morgan fingerprint density at radius 2 is 2.13 bits per heavy atom. The molecule has 86 valence electrons. The highest BCUT2D eigenvalue weighted by atomic mass is 16.4. The summed E-state index contributed by atoms with van der Waals surface area (Å²) in [6, 6.07) is 0. The fourth-order valence-corrected chi connectivity index (χ4v) is 2.91. The Labute approximate surface area is 90.4 Å². The summed E-state index contributed by atoms with van der Waals surface area (Å²) in [7, 11) is 0. The standard InChI is InChI=1S/C11H20N2O2/c14-10(15)11(5-1-2-7-13-11)9-4-3-6-12-8-9/h9,12-13H,1-8H2,(H,14,15). The molecule has 2 aliphatic rings. The van der Waals surface area contributed by atoms with Crippen LogP contribution in [0.1, 0.15) is 32.1 Å². The van der Waals surface area contributed by atoms with Gasteiger partial charge in [0.15, 0.2) is 0 Å². The Bertz CT molecular complexity index is 231. The molecule has 0 aromatic carbocycles. The van der Waals surface area contributed by atoms with E-state index in [1.165, 1.54) is 0 Å². The molecule has 2 unspecified atom stereocenters. The lowest BCUT2D eigenvalue weighted by atomic mass is 9.74. The first-order valence-electron chi connectivity index (χ1n) is 5.95. The number of carboxylic acid groups (broad SMARTS) is 1. The van der Waals surface area contributed by atoms with E-state index in [0.29, 0.717) is 0 Å². The van der Waals surface area contributed by atoms with Crippen molar-refractivity contribution in [1.82, 2.24) is 10.6 Å². The van der Waals surface area contributed by atoms with E-state index in [9.17, 15) is 9.90 Å². The Morgan fingerprint density at radius 1 is 1.27 bits per heavy atom. The van der Waals surface area contributed by atoms with Gasteiger partial charge >= 0.3 is 5.97 Å². The number of hydrogen-bond acceptors (Lipinski definition) is 3. The maximum atomic E-state index is 11.5. The fraction of sp³-hybridized carbons (Fsp3) is 0.909. The van der Waals surface area contributed by atoms with E-state index in [1.54, 1.807) is 0 Å². The van der Waals surface area contributed by atoms with E-state index in [1.807, 2.05) is 0 Å². The van der Waals surface area contributed by atoms with Gasteiger partial charge in [-0.15, -0.1) is 0 Å². The van der Waals surface area contributed by atoms with Gasteiger partial charge in [-0.25, -0.2) is 0 Å². The van der Waals surface area contributed by atoms with Crippen LogP contribution in [0.2, 0.25) is 0 Å². The van der Waals surface area contributed by atoms with Crippen molar-refractivity contribution in [2.45, 2.75) is 37.6 Å². The summed E-state index contributed by atoms with van der Waals surface area (Å²) in [6.45, 7) is 2.73. The van der Waals surface area contributed by atoms with Crippen molar-refractivity contribution in [2.24, 2.45) is 5.92 Å². The van der Waals surface area contributed by atoms with Crippen LogP contribution >= 0.6 is 0 Å². The van der Waals surface area contributed by atoms with Crippen LogP contribution in [0.3, 0.4) is 0 Å². The summed E-state index contributed by atoms with van der Waals surface area (Å²) in [5, 5.41) is 16.0. The van der Waals surface area contributed by atoms with E-state index >= 15 is 0 Å². The first kappa shape index (κ1) is 10.9. The predicted molar refractivity (Wildman–Crippen MR) is 57.8 cm³/mol. The third-order valence-electron chi connectivity index (χ3n) is 3.81. The average molecular weight is 212 g/mol. The van der Waals surface area contributed by atoms with E-state index < -0.39 is 11.5 Å². The fourth-order valence-electron chi connectivity index (χ4n) is 2.91. The molecule has 4 heteroatoms. The summed E-state index contributed by atoms with van der Waals surface area (Å²) in [6.07, 6.45) is 5.06. The van der Waals surface area contributed by atoms with E-state index in [2.05, 4.69) is 10.6 Å². The number of carboxylic acids is 1. The largest absolute Gasteiger partial charge is 0.480 e. The van der Waals surface area contributed by atoms with Gasteiger partial charge in [0, 0.05) is 12.5 Å². The number of carbonyl (C=O) groups is 1. The lowest BCUT2D eigenvalue weighted by molar-refractivity contribution is -0.149. The monoisotopic (exact) mass is 212 g/mol. The van der Waals surface area contributed by atoms with Crippen molar-refractivity contribution in [2.75, 3.05) is 19.6 Å². The Hall–Kier alpha value is -0.610. The lowest BCUT2D eigenvalue weighted by Crippen LogP contribution is -2.62. The van der Waals surface area contributed by atoms with Crippen LogP contribution in [0.4, 0.5) is 0 Å². The summed E-state index contributed by atoms with van der Waals surface area (Å²) in [5.41, 5.74) is -0.647. The second-order valence-electron chi connectivity index (χ2n) is 4.70. The molecule has 2 atom stereocenters. The van der Waals surface area contributed by atoms with E-state index in [-0.39, 0.29) is 5.92 Å². The molecule has 2 saturated heterocycles. The van der Waals surface area contributed by atoms with Crippen molar-refractivity contribution in [3.8, 4) is 0 Å². The molecule has 0 aromatic heterocycles. The minimum Gasteiger partial charge on any atom is -0.480 e. The van der Waals surface area contributed by atoms with Crippen molar-refractivity contribution >= 4 is 5.97 Å². The Balaban J connectivity index is 2.12. The maximum absolute atomic E-state index is 11.5. The van der Waals surface area contributed by atoms with Gasteiger partial charge in [0.05, 0.1) is 0 Å². The van der Waals surface area contributed by atoms with Gasteiger partial charge in [0.25, 0.3) is 0 Å². The number of piperidine rings is 2. The number of aliphatic carboxylic acids is 1. The summed E-state index contributed by atoms with van der Waals surface area (Å²) in [5.74, 6) is -0.403. The quantitative estimate of drug-likeness (QED) is 0.626. The second-order valence-corrected chi connectivity index (χ2v) is 4.70. The van der Waals surface area contributed by atoms with Crippen molar-refractivity contribution in [3.63, 3.8) is 0 Å². The number of nitrogens with one attached hydrogen (secondary N) is 2. The SMILES string of the molecule is O=C(O)C1(C2CCCNC2)CCCCN1. The molecular weight excluding hydrogens is 192 g/mol. The van der Waals surface area contributed by atoms with Gasteiger partial charge in [-0.3, -0.25) is 4.79 Å². The normalized spacial score (nSPS) is 37.5. The minimum absolute atomic E-state index is 0.254. The van der Waals surface area contributed by atoms with Crippen LogP contribution in [0.15, 0.2) is 0 Å².